The Kier molecular flexibility index (Phi) is 4.50. The number of carbonyl (C=O) groups excluding carboxylic acids is 1. The van der Waals surface area contributed by atoms with E-state index in [9.17, 15) is 4.79 Å². The third-order valence-electron chi connectivity index (χ3n) is 2.75. The van der Waals surface area contributed by atoms with Crippen molar-refractivity contribution >= 4 is 30.1 Å². The second kappa shape index (κ2) is 6.12. The summed E-state index contributed by atoms with van der Waals surface area (Å²) >= 11 is 9.90. The summed E-state index contributed by atoms with van der Waals surface area (Å²) in [6.45, 7) is 2.39. The van der Waals surface area contributed by atoms with Crippen molar-refractivity contribution in [3.8, 4) is 11.3 Å². The van der Waals surface area contributed by atoms with Crippen molar-refractivity contribution in [3.63, 3.8) is 0 Å². The SMILES string of the molecule is Cc1c(-c2ccc(Cl)cc2)n[nH]c1C(=O)NCCS. The Bertz CT molecular complexity index is 580. The molecule has 1 heterocycles. The number of halogens is 1. The lowest BCUT2D eigenvalue weighted by Crippen LogP contribution is -2.26. The Morgan fingerprint density at radius 1 is 1.42 bits per heavy atom. The zero-order valence-corrected chi connectivity index (χ0v) is 12.1. The number of amides is 1. The van der Waals surface area contributed by atoms with Crippen LogP contribution in [0.5, 0.6) is 0 Å². The van der Waals surface area contributed by atoms with Gasteiger partial charge in [0.25, 0.3) is 5.91 Å². The van der Waals surface area contributed by atoms with Crippen LogP contribution in [-0.4, -0.2) is 28.4 Å². The van der Waals surface area contributed by atoms with Crippen LogP contribution in [0.1, 0.15) is 16.1 Å². The number of aromatic amines is 1. The lowest BCUT2D eigenvalue weighted by molar-refractivity contribution is 0.0950. The molecule has 1 aromatic carbocycles. The summed E-state index contributed by atoms with van der Waals surface area (Å²) in [5, 5.41) is 10.4. The van der Waals surface area contributed by atoms with E-state index in [-0.39, 0.29) is 5.91 Å². The Hall–Kier alpha value is -1.46. The van der Waals surface area contributed by atoms with E-state index in [0.717, 1.165) is 16.8 Å². The highest BCUT2D eigenvalue weighted by Gasteiger charge is 2.16. The molecule has 0 aliphatic carbocycles. The van der Waals surface area contributed by atoms with Crippen LogP contribution < -0.4 is 5.32 Å². The van der Waals surface area contributed by atoms with Gasteiger partial charge in [0, 0.05) is 28.4 Å². The number of hydrogen-bond acceptors (Lipinski definition) is 3. The van der Waals surface area contributed by atoms with Gasteiger partial charge in [-0.15, -0.1) is 0 Å². The van der Waals surface area contributed by atoms with Gasteiger partial charge >= 0.3 is 0 Å². The van der Waals surface area contributed by atoms with Crippen LogP contribution in [0.2, 0.25) is 5.02 Å². The van der Waals surface area contributed by atoms with Gasteiger partial charge in [0.1, 0.15) is 5.69 Å². The van der Waals surface area contributed by atoms with Gasteiger partial charge in [0.05, 0.1) is 5.69 Å². The molecule has 0 aliphatic rings. The van der Waals surface area contributed by atoms with Gasteiger partial charge in [-0.3, -0.25) is 9.89 Å². The third kappa shape index (κ3) is 3.11. The summed E-state index contributed by atoms with van der Waals surface area (Å²) in [5.41, 5.74) is 2.98. The van der Waals surface area contributed by atoms with E-state index < -0.39 is 0 Å². The predicted octanol–water partition coefficient (Wildman–Crippen LogP) is 2.70. The maximum absolute atomic E-state index is 11.9. The summed E-state index contributed by atoms with van der Waals surface area (Å²) in [7, 11) is 0. The van der Waals surface area contributed by atoms with Gasteiger partial charge in [-0.25, -0.2) is 0 Å². The smallest absolute Gasteiger partial charge is 0.269 e. The van der Waals surface area contributed by atoms with Crippen LogP contribution in [0.15, 0.2) is 24.3 Å². The monoisotopic (exact) mass is 295 g/mol. The minimum Gasteiger partial charge on any atom is -0.350 e. The Morgan fingerprint density at radius 2 is 2.11 bits per heavy atom. The molecule has 19 heavy (non-hydrogen) atoms. The lowest BCUT2D eigenvalue weighted by Gasteiger charge is -2.02. The molecule has 0 bridgehead atoms. The lowest BCUT2D eigenvalue weighted by atomic mass is 10.1. The van der Waals surface area contributed by atoms with E-state index >= 15 is 0 Å². The van der Waals surface area contributed by atoms with Crippen molar-refractivity contribution in [2.45, 2.75) is 6.92 Å². The summed E-state index contributed by atoms with van der Waals surface area (Å²) in [5.74, 6) is 0.433. The molecule has 0 fully saturated rings. The van der Waals surface area contributed by atoms with Crippen molar-refractivity contribution in [1.82, 2.24) is 15.5 Å². The normalized spacial score (nSPS) is 10.5. The van der Waals surface area contributed by atoms with Crippen molar-refractivity contribution in [3.05, 3.63) is 40.5 Å². The van der Waals surface area contributed by atoms with Crippen molar-refractivity contribution in [2.75, 3.05) is 12.3 Å². The molecular weight excluding hydrogens is 282 g/mol. The first-order chi connectivity index (χ1) is 9.13. The molecule has 0 radical (unpaired) electrons. The van der Waals surface area contributed by atoms with E-state index in [2.05, 4.69) is 28.1 Å². The number of nitrogens with zero attached hydrogens (tertiary/aromatic N) is 1. The van der Waals surface area contributed by atoms with Gasteiger partial charge in [-0.1, -0.05) is 23.7 Å². The third-order valence-corrected chi connectivity index (χ3v) is 3.23. The zero-order chi connectivity index (χ0) is 13.8. The molecular formula is C13H14ClN3OS. The molecule has 6 heteroatoms. The number of nitrogens with one attached hydrogen (secondary N) is 2. The number of aromatic nitrogens is 2. The fourth-order valence-electron chi connectivity index (χ4n) is 1.77. The first kappa shape index (κ1) is 14.0. The van der Waals surface area contributed by atoms with E-state index in [0.29, 0.717) is 23.0 Å². The van der Waals surface area contributed by atoms with Crippen molar-refractivity contribution in [2.24, 2.45) is 0 Å². The molecule has 0 saturated carbocycles. The average Bonchev–Trinajstić information content (AvgIpc) is 2.79. The second-order valence-corrected chi connectivity index (χ2v) is 4.94. The van der Waals surface area contributed by atoms with Crippen LogP contribution in [-0.2, 0) is 0 Å². The molecule has 2 rings (SSSR count). The summed E-state index contributed by atoms with van der Waals surface area (Å²) in [6, 6.07) is 7.35. The highest BCUT2D eigenvalue weighted by Crippen LogP contribution is 2.24. The fourth-order valence-corrected chi connectivity index (χ4v) is 2.00. The maximum Gasteiger partial charge on any atom is 0.269 e. The molecule has 2 aromatic rings. The van der Waals surface area contributed by atoms with Crippen LogP contribution in [0, 0.1) is 6.92 Å². The van der Waals surface area contributed by atoms with Crippen molar-refractivity contribution in [1.29, 1.82) is 0 Å². The summed E-state index contributed by atoms with van der Waals surface area (Å²) < 4.78 is 0. The minimum atomic E-state index is -0.167. The van der Waals surface area contributed by atoms with E-state index in [1.165, 1.54) is 0 Å². The highest BCUT2D eigenvalue weighted by atomic mass is 35.5. The molecule has 1 aromatic heterocycles. The summed E-state index contributed by atoms with van der Waals surface area (Å²) in [6.07, 6.45) is 0. The number of thiol groups is 1. The van der Waals surface area contributed by atoms with E-state index in [4.69, 9.17) is 11.6 Å². The first-order valence-electron chi connectivity index (χ1n) is 5.83. The number of carbonyl (C=O) groups is 1. The van der Waals surface area contributed by atoms with Crippen LogP contribution >= 0.6 is 24.2 Å². The molecule has 0 atom stereocenters. The second-order valence-electron chi connectivity index (χ2n) is 4.06. The highest BCUT2D eigenvalue weighted by molar-refractivity contribution is 7.80. The van der Waals surface area contributed by atoms with E-state index in [1.54, 1.807) is 12.1 Å². The van der Waals surface area contributed by atoms with Crippen LogP contribution in [0.25, 0.3) is 11.3 Å². The first-order valence-corrected chi connectivity index (χ1v) is 6.84. The van der Waals surface area contributed by atoms with Crippen molar-refractivity contribution < 1.29 is 4.79 Å². The number of hydrogen-bond donors (Lipinski definition) is 3. The topological polar surface area (TPSA) is 57.8 Å². The molecule has 0 aliphatic heterocycles. The largest absolute Gasteiger partial charge is 0.350 e. The number of H-pyrrole nitrogens is 1. The van der Waals surface area contributed by atoms with Crippen LogP contribution in [0.4, 0.5) is 0 Å². The summed E-state index contributed by atoms with van der Waals surface area (Å²) in [4.78, 5) is 11.9. The molecule has 1 amide bonds. The zero-order valence-electron chi connectivity index (χ0n) is 10.4. The Labute approximate surface area is 122 Å². The van der Waals surface area contributed by atoms with Gasteiger partial charge in [-0.05, 0) is 19.1 Å². The molecule has 0 saturated heterocycles. The number of benzene rings is 1. The average molecular weight is 296 g/mol. The number of rotatable bonds is 4. The minimum absolute atomic E-state index is 0.167. The standard InChI is InChI=1S/C13H14ClN3OS/c1-8-11(9-2-4-10(14)5-3-9)16-17-12(8)13(18)15-6-7-19/h2-5,19H,6-7H2,1H3,(H,15,18)(H,16,17). The van der Waals surface area contributed by atoms with Gasteiger partial charge in [0.2, 0.25) is 0 Å². The Morgan fingerprint density at radius 3 is 2.74 bits per heavy atom. The predicted molar refractivity (Wildman–Crippen MR) is 80.0 cm³/mol. The van der Waals surface area contributed by atoms with Crippen LogP contribution in [0.3, 0.4) is 0 Å². The fraction of sp³-hybridized carbons (Fsp3) is 0.231. The molecule has 2 N–H and O–H groups in total. The molecule has 100 valence electrons. The van der Waals surface area contributed by atoms with Gasteiger partial charge in [-0.2, -0.15) is 17.7 Å². The quantitative estimate of drug-likeness (QED) is 0.760. The molecule has 0 unspecified atom stereocenters. The van der Waals surface area contributed by atoms with Gasteiger partial charge in [0.15, 0.2) is 0 Å². The van der Waals surface area contributed by atoms with Gasteiger partial charge < -0.3 is 5.32 Å². The molecule has 4 nitrogen and oxygen atoms in total. The Balaban J connectivity index is 2.27. The molecule has 0 spiro atoms. The van der Waals surface area contributed by atoms with E-state index in [1.807, 2.05) is 19.1 Å². The maximum atomic E-state index is 11.9.